The van der Waals surface area contributed by atoms with E-state index in [9.17, 15) is 0 Å². The molecule has 38 valence electrons. The van der Waals surface area contributed by atoms with Gasteiger partial charge in [0.05, 0.1) is 0 Å². The van der Waals surface area contributed by atoms with Crippen LogP contribution in [-0.2, 0) is 28.7 Å². The van der Waals surface area contributed by atoms with Crippen LogP contribution in [0, 0.1) is 0 Å². The Morgan fingerprint density at radius 2 is 1.00 bits per heavy atom. The fraction of sp³-hybridized carbons (Fsp3) is 0. The predicted molar refractivity (Wildman–Crippen MR) is 18.6 cm³/mol. The summed E-state index contributed by atoms with van der Waals surface area (Å²) in [6, 6.07) is 0. The van der Waals surface area contributed by atoms with Gasteiger partial charge in [0.1, 0.15) is 0 Å². The molecule has 0 aliphatic rings. The second-order valence-electron chi connectivity index (χ2n) is 0.192. The second kappa shape index (κ2) is 33.8. The van der Waals surface area contributed by atoms with Gasteiger partial charge >= 0.3 is 95.8 Å². The van der Waals surface area contributed by atoms with Crippen molar-refractivity contribution in [2.75, 3.05) is 0 Å². The van der Waals surface area contributed by atoms with Crippen molar-refractivity contribution >= 4 is 79.9 Å². The van der Waals surface area contributed by atoms with Gasteiger partial charge in [0.25, 0.3) is 0 Å². The fourth-order valence-corrected chi connectivity index (χ4v) is 0. The van der Waals surface area contributed by atoms with Gasteiger partial charge in [-0.05, 0) is 0 Å². The van der Waals surface area contributed by atoms with Crippen molar-refractivity contribution in [1.29, 1.82) is 0 Å². The van der Waals surface area contributed by atoms with Gasteiger partial charge in [0, 0.05) is 21.1 Å². The molecule has 0 fully saturated rings. The minimum Gasteiger partial charge on any atom is 0 e. The molecule has 0 aromatic rings. The zero-order chi connectivity index (χ0) is 5.41. The molecule has 4 nitrogen and oxygen atoms in total. The second-order valence-corrected chi connectivity index (χ2v) is 0.577. The molecule has 0 unspecified atom stereocenters. The first-order valence-electron chi connectivity index (χ1n) is 0.943. The van der Waals surface area contributed by atoms with Crippen LogP contribution >= 0.6 is 0 Å². The third-order valence-electron chi connectivity index (χ3n) is 0. The van der Waals surface area contributed by atoms with E-state index in [4.69, 9.17) is 15.9 Å². The molecule has 0 heterocycles. The number of rotatable bonds is 0. The molecular weight excluding hydrogens is 439 g/mol. The van der Waals surface area contributed by atoms with Crippen molar-refractivity contribution in [3.05, 3.63) is 0 Å². The van der Waals surface area contributed by atoms with E-state index in [-0.39, 0.29) is 69.9 Å². The molecule has 0 saturated heterocycles. The molecule has 0 bridgehead atoms. The molecule has 0 aliphatic heterocycles. The van der Waals surface area contributed by atoms with Gasteiger partial charge in [-0.15, -0.1) is 0 Å². The summed E-state index contributed by atoms with van der Waals surface area (Å²) >= 11 is -3.50. The third kappa shape index (κ3) is 75.7. The molecule has 0 spiro atoms. The van der Waals surface area contributed by atoms with E-state index in [1.165, 1.54) is 0 Å². The van der Waals surface area contributed by atoms with Gasteiger partial charge in [-0.2, -0.15) is 0 Å². The molecule has 0 amide bonds. The molecule has 0 radical (unpaired) electrons. The van der Waals surface area contributed by atoms with E-state index >= 15 is 0 Å². The van der Waals surface area contributed by atoms with Crippen molar-refractivity contribution in [3.63, 3.8) is 0 Å². The van der Waals surface area contributed by atoms with Crippen LogP contribution in [0.15, 0.2) is 0 Å². The quantitative estimate of drug-likeness (QED) is 0.364. The maximum atomic E-state index is 8.46. The first kappa shape index (κ1) is 22.4. The monoisotopic (exact) mass is 440 g/mol. The van der Waals surface area contributed by atoms with Crippen LogP contribution in [0.3, 0.4) is 0 Å². The normalized spacial score (nSPS) is 2.00. The summed E-state index contributed by atoms with van der Waals surface area (Å²) in [6.07, 6.45) is 0. The van der Waals surface area contributed by atoms with Gasteiger partial charge in [-0.25, -0.2) is 0 Å². The molecule has 0 aromatic carbocycles. The smallest absolute Gasteiger partial charge is 0 e. The summed E-state index contributed by atoms with van der Waals surface area (Å²) in [5, 5.41) is 0. The summed E-state index contributed by atoms with van der Waals surface area (Å²) in [5.74, 6) is 0. The Kier molecular flexibility index (Phi) is 94.8. The van der Waals surface area contributed by atoms with Crippen molar-refractivity contribution in [1.82, 2.24) is 0 Å². The summed E-state index contributed by atoms with van der Waals surface area (Å²) < 4.78 is 33.8. The first-order chi connectivity index (χ1) is 2.83. The standard InChI is InChI=1S/2Al.Ba.4O.W/q;;+2;;;2*-1;. The maximum absolute atomic E-state index is 8.46. The Bertz CT molecular complexity index is 35.0. The van der Waals surface area contributed by atoms with Crippen molar-refractivity contribution < 1.29 is 37.0 Å². The first-order valence-corrected chi connectivity index (χ1v) is 2.83. The molecule has 0 aliphatic carbocycles. The average molecular weight is 439 g/mol. The fourth-order valence-electron chi connectivity index (χ4n) is 0. The summed E-state index contributed by atoms with van der Waals surface area (Å²) in [6.45, 7) is 0. The van der Waals surface area contributed by atoms with Gasteiger partial charge in [0.2, 0.25) is 0 Å². The van der Waals surface area contributed by atoms with Crippen molar-refractivity contribution in [3.8, 4) is 0 Å². The van der Waals surface area contributed by atoms with Crippen LogP contribution in [-0.4, -0.2) is 79.9 Å². The van der Waals surface area contributed by atoms with E-state index in [2.05, 4.69) is 0 Å². The SMILES string of the molecule is [Ba+2].[O]=[Al][O-].[O]=[Al][O-].[W]. The summed E-state index contributed by atoms with van der Waals surface area (Å²) in [5.41, 5.74) is 0. The number of hydrogen-bond donors (Lipinski definition) is 0. The molecule has 0 N–H and O–H groups in total. The van der Waals surface area contributed by atoms with Crippen LogP contribution in [0.4, 0.5) is 0 Å². The largest absolute Gasteiger partial charge is 0 e. The van der Waals surface area contributed by atoms with Crippen molar-refractivity contribution in [2.45, 2.75) is 0 Å². The van der Waals surface area contributed by atoms with Crippen LogP contribution in [0.25, 0.3) is 0 Å². The molecule has 0 aromatic heterocycles. The zero-order valence-corrected chi connectivity index (χ0v) is 13.6. The van der Waals surface area contributed by atoms with E-state index in [1.54, 1.807) is 0 Å². The molecule has 0 atom stereocenters. The average Bonchev–Trinajstić information content (AvgIpc) is 1.39. The van der Waals surface area contributed by atoms with Crippen molar-refractivity contribution in [2.24, 2.45) is 0 Å². The minimum atomic E-state index is -1.75. The van der Waals surface area contributed by atoms with Gasteiger partial charge in [-0.1, -0.05) is 0 Å². The molecule has 0 rings (SSSR count). The van der Waals surface area contributed by atoms with E-state index in [1.807, 2.05) is 0 Å². The van der Waals surface area contributed by atoms with Gasteiger partial charge in [-0.3, -0.25) is 0 Å². The third-order valence-corrected chi connectivity index (χ3v) is 0. The van der Waals surface area contributed by atoms with Crippen LogP contribution in [0.1, 0.15) is 0 Å². The Labute approximate surface area is 114 Å². The Morgan fingerprint density at radius 1 is 1.00 bits per heavy atom. The van der Waals surface area contributed by atoms with E-state index in [0.29, 0.717) is 0 Å². The Hall–Kier alpha value is 2.52. The van der Waals surface area contributed by atoms with Crippen LogP contribution in [0.5, 0.6) is 0 Å². The van der Waals surface area contributed by atoms with Crippen LogP contribution < -0.4 is 8.32 Å². The number of hydrogen-bond acceptors (Lipinski definition) is 4. The molecular formula is Al2BaO4W. The van der Waals surface area contributed by atoms with E-state index in [0.717, 1.165) is 0 Å². The summed E-state index contributed by atoms with van der Waals surface area (Å²) in [7, 11) is 0. The van der Waals surface area contributed by atoms with Crippen LogP contribution in [0.2, 0.25) is 0 Å². The topological polar surface area (TPSA) is 80.3 Å². The Morgan fingerprint density at radius 3 is 1.00 bits per heavy atom. The molecule has 8 heavy (non-hydrogen) atoms. The zero-order valence-electron chi connectivity index (χ0n) is 3.90. The predicted octanol–water partition coefficient (Wildman–Crippen LogP) is -3.76. The maximum Gasteiger partial charge on any atom is 0 e. The molecule has 8 heteroatoms. The minimum absolute atomic E-state index is 0. The molecule has 0 saturated carbocycles. The summed E-state index contributed by atoms with van der Waals surface area (Å²) in [4.78, 5) is 0. The van der Waals surface area contributed by atoms with Gasteiger partial charge < -0.3 is 0 Å². The van der Waals surface area contributed by atoms with Gasteiger partial charge in [0.15, 0.2) is 0 Å². The van der Waals surface area contributed by atoms with E-state index < -0.39 is 31.0 Å². The Balaban J connectivity index is -0.0000000160.